The lowest BCUT2D eigenvalue weighted by Crippen LogP contribution is -2.14. The smallest absolute Gasteiger partial charge is 0.311 e. The molecule has 1 N–H and O–H groups in total. The minimum Gasteiger partial charge on any atom is -0.494 e. The van der Waals surface area contributed by atoms with Crippen LogP contribution in [0.1, 0.15) is 36.8 Å². The zero-order valence-corrected chi connectivity index (χ0v) is 14.2. The van der Waals surface area contributed by atoms with Crippen molar-refractivity contribution in [2.24, 2.45) is 0 Å². The number of carbonyl (C=O) groups is 1. The quantitative estimate of drug-likeness (QED) is 0.735. The molecule has 0 aromatic heterocycles. The van der Waals surface area contributed by atoms with Crippen LogP contribution < -0.4 is 14.2 Å². The molecule has 0 spiro atoms. The van der Waals surface area contributed by atoms with Gasteiger partial charge < -0.3 is 19.3 Å². The number of fused-ring (bicyclic) bond motifs is 1. The Kier molecular flexibility index (Phi) is 5.43. The van der Waals surface area contributed by atoms with Crippen molar-refractivity contribution < 1.29 is 24.1 Å². The van der Waals surface area contributed by atoms with E-state index in [1.807, 2.05) is 24.3 Å². The van der Waals surface area contributed by atoms with Crippen LogP contribution in [-0.4, -0.2) is 24.5 Å². The Morgan fingerprint density at radius 3 is 2.64 bits per heavy atom. The summed E-state index contributed by atoms with van der Waals surface area (Å²) in [7, 11) is 0. The number of aliphatic carboxylic acids is 1. The topological polar surface area (TPSA) is 65.0 Å². The van der Waals surface area contributed by atoms with E-state index in [-0.39, 0.29) is 6.79 Å². The lowest BCUT2D eigenvalue weighted by atomic mass is 9.92. The van der Waals surface area contributed by atoms with E-state index in [0.29, 0.717) is 30.1 Å². The predicted octanol–water partition coefficient (Wildman–Crippen LogP) is 4.01. The molecule has 1 aliphatic heterocycles. The summed E-state index contributed by atoms with van der Waals surface area (Å²) in [5.41, 5.74) is 1.66. The van der Waals surface area contributed by atoms with Gasteiger partial charge in [-0.3, -0.25) is 4.79 Å². The summed E-state index contributed by atoms with van der Waals surface area (Å²) in [4.78, 5) is 11.7. The highest BCUT2D eigenvalue weighted by atomic mass is 16.7. The number of benzene rings is 2. The van der Waals surface area contributed by atoms with E-state index in [0.717, 1.165) is 24.2 Å². The average Bonchev–Trinajstić information content (AvgIpc) is 3.08. The van der Waals surface area contributed by atoms with Crippen LogP contribution in [-0.2, 0) is 11.2 Å². The van der Waals surface area contributed by atoms with Gasteiger partial charge in [0, 0.05) is 0 Å². The maximum atomic E-state index is 11.7. The molecule has 0 radical (unpaired) electrons. The number of carboxylic acid groups (broad SMARTS) is 1. The van der Waals surface area contributed by atoms with E-state index in [2.05, 4.69) is 6.92 Å². The van der Waals surface area contributed by atoms with Gasteiger partial charge in [-0.1, -0.05) is 31.5 Å². The first-order chi connectivity index (χ1) is 12.2. The Hall–Kier alpha value is -2.69. The summed E-state index contributed by atoms with van der Waals surface area (Å²) < 4.78 is 16.3. The van der Waals surface area contributed by atoms with E-state index >= 15 is 0 Å². The second-order valence-electron chi connectivity index (χ2n) is 6.05. The molecule has 1 atom stereocenters. The normalized spacial score (nSPS) is 13.5. The predicted molar refractivity (Wildman–Crippen MR) is 93.5 cm³/mol. The molecule has 0 fully saturated rings. The largest absolute Gasteiger partial charge is 0.494 e. The van der Waals surface area contributed by atoms with Crippen LogP contribution in [0.4, 0.5) is 0 Å². The van der Waals surface area contributed by atoms with E-state index in [1.165, 1.54) is 0 Å². The van der Waals surface area contributed by atoms with Crippen LogP contribution in [0.15, 0.2) is 42.5 Å². The van der Waals surface area contributed by atoms with Crippen molar-refractivity contribution in [3.8, 4) is 17.2 Å². The summed E-state index contributed by atoms with van der Waals surface area (Å²) in [6, 6.07) is 12.9. The van der Waals surface area contributed by atoms with Crippen LogP contribution >= 0.6 is 0 Å². The lowest BCUT2D eigenvalue weighted by Gasteiger charge is -2.14. The molecule has 5 nitrogen and oxygen atoms in total. The summed E-state index contributed by atoms with van der Waals surface area (Å²) >= 11 is 0. The van der Waals surface area contributed by atoms with Crippen LogP contribution in [0.3, 0.4) is 0 Å². The molecule has 0 saturated heterocycles. The van der Waals surface area contributed by atoms with E-state index in [1.54, 1.807) is 18.2 Å². The fourth-order valence-corrected chi connectivity index (χ4v) is 2.77. The number of unbranched alkanes of at least 4 members (excludes halogenated alkanes) is 1. The summed E-state index contributed by atoms with van der Waals surface area (Å²) in [6.07, 6.45) is 2.52. The SMILES string of the molecule is CCCCOc1ccc(CC(C(=O)O)c2ccc3c(c2)OCO3)cc1. The third kappa shape index (κ3) is 4.24. The molecule has 132 valence electrons. The van der Waals surface area contributed by atoms with Gasteiger partial charge in [0.15, 0.2) is 11.5 Å². The van der Waals surface area contributed by atoms with Crippen molar-refractivity contribution in [3.05, 3.63) is 53.6 Å². The molecule has 25 heavy (non-hydrogen) atoms. The van der Waals surface area contributed by atoms with Crippen molar-refractivity contribution in [2.75, 3.05) is 13.4 Å². The zero-order chi connectivity index (χ0) is 17.6. The van der Waals surface area contributed by atoms with Crippen molar-refractivity contribution in [1.82, 2.24) is 0 Å². The van der Waals surface area contributed by atoms with Gasteiger partial charge in [0.05, 0.1) is 12.5 Å². The Balaban J connectivity index is 1.71. The molecular weight excluding hydrogens is 320 g/mol. The Labute approximate surface area is 147 Å². The van der Waals surface area contributed by atoms with Crippen molar-refractivity contribution in [2.45, 2.75) is 32.1 Å². The molecule has 1 unspecified atom stereocenters. The van der Waals surface area contributed by atoms with Gasteiger partial charge in [-0.05, 0) is 48.2 Å². The molecule has 0 amide bonds. The number of carboxylic acids is 1. The highest BCUT2D eigenvalue weighted by Gasteiger charge is 2.23. The molecule has 0 bridgehead atoms. The Morgan fingerprint density at radius 2 is 1.92 bits per heavy atom. The second-order valence-corrected chi connectivity index (χ2v) is 6.05. The number of hydrogen-bond donors (Lipinski definition) is 1. The van der Waals surface area contributed by atoms with Crippen molar-refractivity contribution in [1.29, 1.82) is 0 Å². The Morgan fingerprint density at radius 1 is 1.16 bits per heavy atom. The van der Waals surface area contributed by atoms with Crippen molar-refractivity contribution in [3.63, 3.8) is 0 Å². The van der Waals surface area contributed by atoms with Gasteiger partial charge in [-0.15, -0.1) is 0 Å². The fourth-order valence-electron chi connectivity index (χ4n) is 2.77. The second kappa shape index (κ2) is 7.92. The summed E-state index contributed by atoms with van der Waals surface area (Å²) in [5.74, 6) is 0.570. The maximum absolute atomic E-state index is 11.7. The first kappa shape index (κ1) is 17.1. The van der Waals surface area contributed by atoms with Crippen LogP contribution in [0.2, 0.25) is 0 Å². The molecule has 0 saturated carbocycles. The Bertz CT molecular complexity index is 723. The van der Waals surface area contributed by atoms with Gasteiger partial charge in [0.1, 0.15) is 5.75 Å². The van der Waals surface area contributed by atoms with Gasteiger partial charge in [-0.2, -0.15) is 0 Å². The third-order valence-corrected chi connectivity index (χ3v) is 4.23. The number of ether oxygens (including phenoxy) is 3. The van der Waals surface area contributed by atoms with Crippen molar-refractivity contribution >= 4 is 5.97 Å². The molecule has 2 aromatic carbocycles. The minimum atomic E-state index is -0.859. The molecule has 1 aliphatic rings. The highest BCUT2D eigenvalue weighted by Crippen LogP contribution is 2.35. The van der Waals surface area contributed by atoms with Gasteiger partial charge >= 0.3 is 5.97 Å². The van der Waals surface area contributed by atoms with Gasteiger partial charge in [-0.25, -0.2) is 0 Å². The van der Waals surface area contributed by atoms with E-state index in [4.69, 9.17) is 14.2 Å². The van der Waals surface area contributed by atoms with Crippen LogP contribution in [0, 0.1) is 0 Å². The van der Waals surface area contributed by atoms with Crippen LogP contribution in [0.5, 0.6) is 17.2 Å². The van der Waals surface area contributed by atoms with Crippen LogP contribution in [0.25, 0.3) is 0 Å². The third-order valence-electron chi connectivity index (χ3n) is 4.23. The van der Waals surface area contributed by atoms with E-state index < -0.39 is 11.9 Å². The fraction of sp³-hybridized carbons (Fsp3) is 0.350. The summed E-state index contributed by atoms with van der Waals surface area (Å²) in [5, 5.41) is 9.64. The zero-order valence-electron chi connectivity index (χ0n) is 14.2. The molecule has 0 aliphatic carbocycles. The number of hydrogen-bond acceptors (Lipinski definition) is 4. The minimum absolute atomic E-state index is 0.177. The number of rotatable bonds is 8. The first-order valence-corrected chi connectivity index (χ1v) is 8.51. The molecule has 2 aromatic rings. The highest BCUT2D eigenvalue weighted by molar-refractivity contribution is 5.77. The molecule has 3 rings (SSSR count). The average molecular weight is 342 g/mol. The molecule has 5 heteroatoms. The van der Waals surface area contributed by atoms with Gasteiger partial charge in [0.25, 0.3) is 0 Å². The molecule has 1 heterocycles. The standard InChI is InChI=1S/C20H22O5/c1-2-3-10-23-16-7-4-14(5-8-16)11-17(20(21)22)15-6-9-18-19(12-15)25-13-24-18/h4-9,12,17H,2-3,10-11,13H2,1H3,(H,21,22). The van der Waals surface area contributed by atoms with E-state index in [9.17, 15) is 9.90 Å². The summed E-state index contributed by atoms with van der Waals surface area (Å²) in [6.45, 7) is 3.00. The maximum Gasteiger partial charge on any atom is 0.311 e. The monoisotopic (exact) mass is 342 g/mol. The molecular formula is C20H22O5. The first-order valence-electron chi connectivity index (χ1n) is 8.51. The lowest BCUT2D eigenvalue weighted by molar-refractivity contribution is -0.138. The van der Waals surface area contributed by atoms with Gasteiger partial charge in [0.2, 0.25) is 6.79 Å².